The van der Waals surface area contributed by atoms with Crippen LogP contribution in [-0.4, -0.2) is 48.8 Å². The van der Waals surface area contributed by atoms with Crippen molar-refractivity contribution >= 4 is 17.2 Å². The topological polar surface area (TPSA) is 47.7 Å². The number of hydrogen-bond donors (Lipinski definition) is 1. The van der Waals surface area contributed by atoms with E-state index in [1.54, 1.807) is 0 Å². The normalized spacial score (nSPS) is 26.7. The van der Waals surface area contributed by atoms with E-state index in [2.05, 4.69) is 17.0 Å². The van der Waals surface area contributed by atoms with Gasteiger partial charge in [0, 0.05) is 31.1 Å². The zero-order chi connectivity index (χ0) is 13.2. The van der Waals surface area contributed by atoms with Gasteiger partial charge in [-0.15, -0.1) is 0 Å². The quantitative estimate of drug-likeness (QED) is 0.841. The molecule has 2 heterocycles. The second-order valence-electron chi connectivity index (χ2n) is 5.07. The Hall–Kier alpha value is -1.17. The molecule has 0 aliphatic carbocycles. The zero-order valence-electron chi connectivity index (χ0n) is 10.7. The Labute approximate surface area is 118 Å². The summed E-state index contributed by atoms with van der Waals surface area (Å²) in [4.78, 5) is 2.82. The van der Waals surface area contributed by atoms with Gasteiger partial charge in [-0.3, -0.25) is 4.90 Å². The van der Waals surface area contributed by atoms with Gasteiger partial charge < -0.3 is 15.2 Å². The highest BCUT2D eigenvalue weighted by atomic mass is 32.1. The average molecular weight is 278 g/mol. The first-order valence-corrected chi connectivity index (χ1v) is 7.00. The number of hydrogen-bond acceptors (Lipinski definition) is 4. The Kier molecular flexibility index (Phi) is 3.68. The second kappa shape index (κ2) is 5.45. The molecule has 3 rings (SSSR count). The molecule has 102 valence electrons. The van der Waals surface area contributed by atoms with E-state index in [4.69, 9.17) is 27.4 Å². The van der Waals surface area contributed by atoms with Crippen molar-refractivity contribution in [2.24, 2.45) is 5.73 Å². The lowest BCUT2D eigenvalue weighted by molar-refractivity contribution is 0.00430. The summed E-state index contributed by atoms with van der Waals surface area (Å²) >= 11 is 5.02. The molecule has 0 spiro atoms. The number of fused-ring (bicyclic) bond motifs is 1. The largest absolute Gasteiger partial charge is 0.493 e. The monoisotopic (exact) mass is 278 g/mol. The molecule has 0 radical (unpaired) electrons. The smallest absolute Gasteiger partial charge is 0.122 e. The van der Waals surface area contributed by atoms with E-state index in [0.29, 0.717) is 17.5 Å². The summed E-state index contributed by atoms with van der Waals surface area (Å²) in [5, 5.41) is 0. The Morgan fingerprint density at radius 3 is 3.11 bits per heavy atom. The van der Waals surface area contributed by atoms with Gasteiger partial charge in [0.05, 0.1) is 13.2 Å². The predicted molar refractivity (Wildman–Crippen MR) is 77.6 cm³/mol. The van der Waals surface area contributed by atoms with E-state index in [0.717, 1.165) is 32.0 Å². The number of benzene rings is 1. The van der Waals surface area contributed by atoms with Crippen molar-refractivity contribution in [1.82, 2.24) is 4.90 Å². The maximum atomic E-state index is 5.72. The molecule has 2 aliphatic heterocycles. The molecule has 0 amide bonds. The zero-order valence-corrected chi connectivity index (χ0v) is 11.6. The fourth-order valence-electron chi connectivity index (χ4n) is 2.73. The van der Waals surface area contributed by atoms with Crippen LogP contribution < -0.4 is 10.5 Å². The number of thiocarbonyl (C=S) groups is 1. The Morgan fingerprint density at radius 2 is 2.26 bits per heavy atom. The first-order chi connectivity index (χ1) is 9.24. The Balaban J connectivity index is 1.65. The summed E-state index contributed by atoms with van der Waals surface area (Å²) in [6.07, 6.45) is -0.110. The van der Waals surface area contributed by atoms with Gasteiger partial charge in [-0.05, 0) is 6.07 Å². The van der Waals surface area contributed by atoms with Crippen molar-refractivity contribution in [2.75, 3.05) is 32.8 Å². The van der Waals surface area contributed by atoms with Crippen LogP contribution in [0.15, 0.2) is 24.3 Å². The highest BCUT2D eigenvalue weighted by Gasteiger charge is 2.29. The van der Waals surface area contributed by atoms with Crippen molar-refractivity contribution in [3.8, 4) is 5.75 Å². The van der Waals surface area contributed by atoms with Crippen LogP contribution in [0, 0.1) is 0 Å². The minimum absolute atomic E-state index is 0.110. The molecule has 0 bridgehead atoms. The van der Waals surface area contributed by atoms with Gasteiger partial charge >= 0.3 is 0 Å². The summed E-state index contributed by atoms with van der Waals surface area (Å²) in [6, 6.07) is 8.27. The predicted octanol–water partition coefficient (Wildman–Crippen LogP) is 1.15. The summed E-state index contributed by atoms with van der Waals surface area (Å²) in [5.41, 5.74) is 6.98. The number of rotatable bonds is 3. The molecule has 2 atom stereocenters. The van der Waals surface area contributed by atoms with E-state index in [9.17, 15) is 0 Å². The van der Waals surface area contributed by atoms with Crippen LogP contribution in [0.5, 0.6) is 5.75 Å². The van der Waals surface area contributed by atoms with Gasteiger partial charge in [-0.25, -0.2) is 0 Å². The fourth-order valence-corrected chi connectivity index (χ4v) is 2.88. The van der Waals surface area contributed by atoms with Gasteiger partial charge in [0.1, 0.15) is 16.8 Å². The number of nitrogens with zero attached hydrogens (tertiary/aromatic N) is 1. The third kappa shape index (κ3) is 2.73. The molecule has 2 N–H and O–H groups in total. The SMILES string of the molecule is NC(=S)C1CN(CC2COc3ccccc32)CCO1. The standard InChI is InChI=1S/C14H18N2O2S/c15-14(19)13-8-16(5-6-17-13)7-10-9-18-12-4-2-1-3-11(10)12/h1-4,10,13H,5-9H2,(H2,15,19). The van der Waals surface area contributed by atoms with Crippen molar-refractivity contribution in [2.45, 2.75) is 12.0 Å². The minimum Gasteiger partial charge on any atom is -0.493 e. The molecule has 0 aromatic heterocycles. The number of morpholine rings is 1. The lowest BCUT2D eigenvalue weighted by Gasteiger charge is -2.33. The first-order valence-electron chi connectivity index (χ1n) is 6.59. The minimum atomic E-state index is -0.110. The van der Waals surface area contributed by atoms with Crippen LogP contribution in [0.25, 0.3) is 0 Å². The lowest BCUT2D eigenvalue weighted by atomic mass is 10.0. The van der Waals surface area contributed by atoms with Gasteiger partial charge in [-0.2, -0.15) is 0 Å². The third-order valence-electron chi connectivity index (χ3n) is 3.75. The van der Waals surface area contributed by atoms with E-state index < -0.39 is 0 Å². The molecule has 4 nitrogen and oxygen atoms in total. The van der Waals surface area contributed by atoms with Crippen LogP contribution in [0.4, 0.5) is 0 Å². The highest BCUT2D eigenvalue weighted by Crippen LogP contribution is 2.34. The van der Waals surface area contributed by atoms with Crippen molar-refractivity contribution < 1.29 is 9.47 Å². The fraction of sp³-hybridized carbons (Fsp3) is 0.500. The molecule has 1 aromatic carbocycles. The van der Waals surface area contributed by atoms with Crippen LogP contribution in [0.1, 0.15) is 11.5 Å². The summed E-state index contributed by atoms with van der Waals surface area (Å²) in [5.74, 6) is 1.45. The highest BCUT2D eigenvalue weighted by molar-refractivity contribution is 7.80. The Morgan fingerprint density at radius 1 is 1.42 bits per heavy atom. The molecule has 2 unspecified atom stereocenters. The molecule has 1 aromatic rings. The lowest BCUT2D eigenvalue weighted by Crippen LogP contribution is -2.48. The third-order valence-corrected chi connectivity index (χ3v) is 4.01. The van der Waals surface area contributed by atoms with Gasteiger partial charge in [0.15, 0.2) is 0 Å². The van der Waals surface area contributed by atoms with E-state index >= 15 is 0 Å². The maximum Gasteiger partial charge on any atom is 0.122 e. The van der Waals surface area contributed by atoms with Crippen LogP contribution in [0.2, 0.25) is 0 Å². The molecule has 5 heteroatoms. The summed E-state index contributed by atoms with van der Waals surface area (Å²) < 4.78 is 11.3. The van der Waals surface area contributed by atoms with Crippen LogP contribution in [0.3, 0.4) is 0 Å². The van der Waals surface area contributed by atoms with Crippen LogP contribution >= 0.6 is 12.2 Å². The van der Waals surface area contributed by atoms with Crippen molar-refractivity contribution in [1.29, 1.82) is 0 Å². The molecule has 2 aliphatic rings. The molecule has 1 fully saturated rings. The number of ether oxygens (including phenoxy) is 2. The van der Waals surface area contributed by atoms with Crippen molar-refractivity contribution in [3.05, 3.63) is 29.8 Å². The van der Waals surface area contributed by atoms with Gasteiger partial charge in [0.25, 0.3) is 0 Å². The Bertz CT molecular complexity index is 480. The van der Waals surface area contributed by atoms with E-state index in [1.807, 2.05) is 12.1 Å². The summed E-state index contributed by atoms with van der Waals surface area (Å²) in [7, 11) is 0. The molecular weight excluding hydrogens is 260 g/mol. The van der Waals surface area contributed by atoms with Crippen LogP contribution in [-0.2, 0) is 4.74 Å². The van der Waals surface area contributed by atoms with Gasteiger partial charge in [0.2, 0.25) is 0 Å². The van der Waals surface area contributed by atoms with E-state index in [-0.39, 0.29) is 6.10 Å². The average Bonchev–Trinajstić information content (AvgIpc) is 2.83. The number of para-hydroxylation sites is 1. The maximum absolute atomic E-state index is 5.72. The first kappa shape index (κ1) is 12.8. The molecular formula is C14H18N2O2S. The second-order valence-corrected chi connectivity index (χ2v) is 5.54. The number of nitrogens with two attached hydrogens (primary N) is 1. The molecule has 19 heavy (non-hydrogen) atoms. The van der Waals surface area contributed by atoms with E-state index in [1.165, 1.54) is 5.56 Å². The molecule has 1 saturated heterocycles. The molecule has 0 saturated carbocycles. The van der Waals surface area contributed by atoms with Crippen molar-refractivity contribution in [3.63, 3.8) is 0 Å². The summed E-state index contributed by atoms with van der Waals surface area (Å²) in [6.45, 7) is 4.14. The van der Waals surface area contributed by atoms with Gasteiger partial charge in [-0.1, -0.05) is 30.4 Å².